The highest BCUT2D eigenvalue weighted by molar-refractivity contribution is 6.20. The summed E-state index contributed by atoms with van der Waals surface area (Å²) >= 11 is 0. The van der Waals surface area contributed by atoms with Gasteiger partial charge in [0.05, 0.1) is 5.69 Å². The van der Waals surface area contributed by atoms with Crippen molar-refractivity contribution in [1.82, 2.24) is 15.0 Å². The number of aromatic nitrogens is 3. The Labute approximate surface area is 347 Å². The first kappa shape index (κ1) is 35.0. The first-order valence-corrected chi connectivity index (χ1v) is 20.1. The largest absolute Gasteiger partial charge is 0.453 e. The maximum absolute atomic E-state index is 7.09. The van der Waals surface area contributed by atoms with Gasteiger partial charge in [0.15, 0.2) is 23.1 Å². The van der Waals surface area contributed by atoms with E-state index in [2.05, 4.69) is 150 Å². The van der Waals surface area contributed by atoms with Gasteiger partial charge in [-0.3, -0.25) is 0 Å². The lowest BCUT2D eigenvalue weighted by Crippen LogP contribution is -2.10. The molecule has 0 N–H and O–H groups in total. The molecular formula is C55H36N4O. The summed E-state index contributed by atoms with van der Waals surface area (Å²) in [7, 11) is 0. The summed E-state index contributed by atoms with van der Waals surface area (Å²) in [6, 6.07) is 75.7. The molecule has 5 nitrogen and oxygen atoms in total. The van der Waals surface area contributed by atoms with Gasteiger partial charge in [-0.1, -0.05) is 182 Å². The number of hydrogen-bond acceptors (Lipinski definition) is 5. The first-order chi connectivity index (χ1) is 29.7. The average molecular weight is 769 g/mol. The van der Waals surface area contributed by atoms with Crippen molar-refractivity contribution in [3.05, 3.63) is 218 Å². The third-order valence-corrected chi connectivity index (χ3v) is 11.1. The zero-order chi connectivity index (χ0) is 39.8. The Morgan fingerprint density at radius 2 is 0.700 bits per heavy atom. The van der Waals surface area contributed by atoms with Crippen molar-refractivity contribution < 1.29 is 4.42 Å². The molecule has 0 radical (unpaired) electrons. The molecule has 0 aliphatic rings. The molecule has 0 atom stereocenters. The zero-order valence-corrected chi connectivity index (χ0v) is 32.5. The van der Waals surface area contributed by atoms with Crippen molar-refractivity contribution in [2.45, 2.75) is 0 Å². The van der Waals surface area contributed by atoms with E-state index in [0.29, 0.717) is 17.5 Å². The summed E-state index contributed by atoms with van der Waals surface area (Å²) < 4.78 is 7.09. The fraction of sp³-hybridized carbons (Fsp3) is 0. The maximum Gasteiger partial charge on any atom is 0.164 e. The van der Waals surface area contributed by atoms with E-state index in [9.17, 15) is 0 Å². The number of furan rings is 1. The minimum absolute atomic E-state index is 0.602. The summed E-state index contributed by atoms with van der Waals surface area (Å²) in [5, 5.41) is 3.98. The monoisotopic (exact) mass is 768 g/mol. The van der Waals surface area contributed by atoms with E-state index >= 15 is 0 Å². The molecule has 5 heteroatoms. The van der Waals surface area contributed by atoms with Crippen molar-refractivity contribution in [3.63, 3.8) is 0 Å². The zero-order valence-electron chi connectivity index (χ0n) is 32.5. The third-order valence-electron chi connectivity index (χ3n) is 11.1. The molecule has 9 aromatic carbocycles. The second-order valence-corrected chi connectivity index (χ2v) is 14.8. The Kier molecular flexibility index (Phi) is 8.75. The molecule has 0 unspecified atom stereocenters. The predicted octanol–water partition coefficient (Wildman–Crippen LogP) is 14.7. The van der Waals surface area contributed by atoms with E-state index in [1.807, 2.05) is 72.8 Å². The number of hydrogen-bond donors (Lipinski definition) is 0. The van der Waals surface area contributed by atoms with Crippen molar-refractivity contribution >= 4 is 49.8 Å². The van der Waals surface area contributed by atoms with E-state index in [1.165, 1.54) is 11.1 Å². The Morgan fingerprint density at radius 1 is 0.300 bits per heavy atom. The summed E-state index contributed by atoms with van der Waals surface area (Å²) in [4.78, 5) is 17.5. The molecule has 0 fully saturated rings. The van der Waals surface area contributed by atoms with E-state index in [-0.39, 0.29) is 0 Å². The molecule has 0 aliphatic carbocycles. The summed E-state index contributed by atoms with van der Waals surface area (Å²) in [6.07, 6.45) is 0. The van der Waals surface area contributed by atoms with Gasteiger partial charge in [0.1, 0.15) is 5.58 Å². The number of nitrogens with zero attached hydrogens (tertiary/aromatic N) is 4. The minimum atomic E-state index is 0.602. The van der Waals surface area contributed by atoms with Crippen LogP contribution >= 0.6 is 0 Å². The van der Waals surface area contributed by atoms with E-state index in [0.717, 1.165) is 77.6 Å². The molecule has 0 amide bonds. The maximum atomic E-state index is 7.09. The minimum Gasteiger partial charge on any atom is -0.453 e. The Bertz CT molecular complexity index is 3140. The number of rotatable bonds is 8. The second-order valence-electron chi connectivity index (χ2n) is 14.8. The van der Waals surface area contributed by atoms with Crippen LogP contribution in [-0.2, 0) is 0 Å². The van der Waals surface area contributed by atoms with Gasteiger partial charge in [0, 0.05) is 44.2 Å². The smallest absolute Gasteiger partial charge is 0.164 e. The molecule has 0 bridgehead atoms. The van der Waals surface area contributed by atoms with E-state index in [4.69, 9.17) is 19.4 Å². The Hall–Kier alpha value is -8.15. The van der Waals surface area contributed by atoms with Crippen LogP contribution in [0.4, 0.5) is 17.1 Å². The van der Waals surface area contributed by atoms with Gasteiger partial charge in [0.2, 0.25) is 0 Å². The normalized spacial score (nSPS) is 11.3. The lowest BCUT2D eigenvalue weighted by Gasteiger charge is -2.26. The molecule has 0 spiro atoms. The van der Waals surface area contributed by atoms with Gasteiger partial charge < -0.3 is 9.32 Å². The molecule has 11 aromatic rings. The van der Waals surface area contributed by atoms with Crippen LogP contribution in [0, 0.1) is 0 Å². The molecule has 2 aromatic heterocycles. The molecule has 0 saturated carbocycles. The van der Waals surface area contributed by atoms with Crippen LogP contribution in [0.25, 0.3) is 89.1 Å². The van der Waals surface area contributed by atoms with E-state index in [1.54, 1.807) is 0 Å². The predicted molar refractivity (Wildman–Crippen MR) is 246 cm³/mol. The van der Waals surface area contributed by atoms with Gasteiger partial charge >= 0.3 is 0 Å². The van der Waals surface area contributed by atoms with E-state index < -0.39 is 0 Å². The summed E-state index contributed by atoms with van der Waals surface area (Å²) in [5.41, 5.74) is 12.0. The molecule has 0 saturated heterocycles. The number of fused-ring (bicyclic) bond motifs is 5. The summed E-state index contributed by atoms with van der Waals surface area (Å²) in [6.45, 7) is 0. The second kappa shape index (κ2) is 15.0. The van der Waals surface area contributed by atoms with Gasteiger partial charge in [0.25, 0.3) is 0 Å². The fourth-order valence-corrected chi connectivity index (χ4v) is 8.19. The SMILES string of the molecule is c1ccc(-c2ccc(N(c3ccc(-c4ccccc4)cc3)c3cccc4c3oc3c5ccccc5c(-c5nc(-c6ccccc6)nc(-c6ccccc6)n5)cc43)cc2)cc1. The lowest BCUT2D eigenvalue weighted by atomic mass is 9.99. The molecule has 282 valence electrons. The Balaban J connectivity index is 1.11. The number of benzene rings is 9. The molecular weight excluding hydrogens is 733 g/mol. The first-order valence-electron chi connectivity index (χ1n) is 20.1. The van der Waals surface area contributed by atoms with Crippen LogP contribution in [0.15, 0.2) is 223 Å². The van der Waals surface area contributed by atoms with Crippen LogP contribution in [0.5, 0.6) is 0 Å². The topological polar surface area (TPSA) is 55.1 Å². The van der Waals surface area contributed by atoms with Crippen molar-refractivity contribution in [1.29, 1.82) is 0 Å². The van der Waals surface area contributed by atoms with Gasteiger partial charge in [-0.25, -0.2) is 15.0 Å². The van der Waals surface area contributed by atoms with Gasteiger partial charge in [-0.05, 0) is 64.0 Å². The fourth-order valence-electron chi connectivity index (χ4n) is 8.19. The van der Waals surface area contributed by atoms with Crippen molar-refractivity contribution in [2.24, 2.45) is 0 Å². The van der Waals surface area contributed by atoms with Gasteiger partial charge in [-0.15, -0.1) is 0 Å². The van der Waals surface area contributed by atoms with Crippen LogP contribution in [0.3, 0.4) is 0 Å². The van der Waals surface area contributed by atoms with Crippen LogP contribution in [-0.4, -0.2) is 15.0 Å². The number of anilines is 3. The molecule has 2 heterocycles. The van der Waals surface area contributed by atoms with Gasteiger partial charge in [-0.2, -0.15) is 0 Å². The van der Waals surface area contributed by atoms with Crippen LogP contribution < -0.4 is 4.90 Å². The van der Waals surface area contributed by atoms with Crippen molar-refractivity contribution in [2.75, 3.05) is 4.90 Å². The average Bonchev–Trinajstić information content (AvgIpc) is 3.72. The highest BCUT2D eigenvalue weighted by Gasteiger charge is 2.23. The quantitative estimate of drug-likeness (QED) is 0.154. The highest BCUT2D eigenvalue weighted by Crippen LogP contribution is 2.46. The molecule has 11 rings (SSSR count). The molecule has 0 aliphatic heterocycles. The highest BCUT2D eigenvalue weighted by atomic mass is 16.3. The lowest BCUT2D eigenvalue weighted by molar-refractivity contribution is 0.673. The summed E-state index contributed by atoms with van der Waals surface area (Å²) in [5.74, 6) is 1.84. The van der Waals surface area contributed by atoms with Crippen LogP contribution in [0.2, 0.25) is 0 Å². The van der Waals surface area contributed by atoms with Crippen LogP contribution in [0.1, 0.15) is 0 Å². The number of para-hydroxylation sites is 1. The third kappa shape index (κ3) is 6.35. The molecule has 60 heavy (non-hydrogen) atoms. The Morgan fingerprint density at radius 3 is 1.22 bits per heavy atom. The standard InChI is InChI=1S/C55H36N4O/c1-5-16-37(17-6-1)39-28-32-43(33-29-39)59(44-34-30-40(31-35-44)38-18-7-2-8-19-38)50-27-15-26-47-48-36-49(45-24-13-14-25-46(45)51(48)60-52(47)50)55-57-53(41-20-9-3-10-21-41)56-54(58-55)42-22-11-4-12-23-42/h1-36H. The van der Waals surface area contributed by atoms with Crippen molar-refractivity contribution in [3.8, 4) is 56.4 Å².